The van der Waals surface area contributed by atoms with Crippen LogP contribution in [0.3, 0.4) is 0 Å². The molecule has 0 saturated heterocycles. The summed E-state index contributed by atoms with van der Waals surface area (Å²) in [5, 5.41) is 20.3. The van der Waals surface area contributed by atoms with E-state index in [2.05, 4.69) is 15.3 Å². The van der Waals surface area contributed by atoms with Crippen molar-refractivity contribution in [3.63, 3.8) is 0 Å². The molecule has 1 heterocycles. The molecule has 100 valence electrons. The second-order valence-corrected chi connectivity index (χ2v) is 4.03. The van der Waals surface area contributed by atoms with Crippen LogP contribution in [0.2, 0.25) is 0 Å². The topological polar surface area (TPSA) is 105 Å². The monoisotopic (exact) mass is 255 g/mol. The van der Waals surface area contributed by atoms with Gasteiger partial charge in [0, 0.05) is 5.92 Å². The smallest absolute Gasteiger partial charge is 0.234 e. The highest BCUT2D eigenvalue weighted by Crippen LogP contribution is 2.10. The van der Waals surface area contributed by atoms with Crippen molar-refractivity contribution in [3.8, 4) is 5.88 Å². The Hall–Kier alpha value is -1.73. The SMILES string of the molecule is CC(C)C(=O)Nc1cncc(OC[C@@H](O)CO)n1. The van der Waals surface area contributed by atoms with Gasteiger partial charge in [-0.25, -0.2) is 0 Å². The molecule has 1 amide bonds. The molecule has 3 N–H and O–H groups in total. The summed E-state index contributed by atoms with van der Waals surface area (Å²) >= 11 is 0. The quantitative estimate of drug-likeness (QED) is 0.650. The average Bonchev–Trinajstić information content (AvgIpc) is 2.36. The number of ether oxygens (including phenoxy) is 1. The van der Waals surface area contributed by atoms with E-state index < -0.39 is 12.7 Å². The number of nitrogens with one attached hydrogen (secondary N) is 1. The van der Waals surface area contributed by atoms with Gasteiger partial charge in [0.1, 0.15) is 12.7 Å². The van der Waals surface area contributed by atoms with E-state index in [1.54, 1.807) is 13.8 Å². The summed E-state index contributed by atoms with van der Waals surface area (Å²) in [7, 11) is 0. The van der Waals surface area contributed by atoms with Gasteiger partial charge in [-0.15, -0.1) is 0 Å². The van der Waals surface area contributed by atoms with Crippen molar-refractivity contribution in [1.82, 2.24) is 9.97 Å². The third kappa shape index (κ3) is 4.64. The maximum atomic E-state index is 11.4. The van der Waals surface area contributed by atoms with Crippen LogP contribution in [-0.4, -0.2) is 45.4 Å². The zero-order valence-electron chi connectivity index (χ0n) is 10.3. The molecule has 0 aliphatic heterocycles. The van der Waals surface area contributed by atoms with Gasteiger partial charge in [0.25, 0.3) is 0 Å². The highest BCUT2D eigenvalue weighted by atomic mass is 16.5. The number of hydrogen-bond acceptors (Lipinski definition) is 6. The van der Waals surface area contributed by atoms with Crippen LogP contribution in [0.5, 0.6) is 5.88 Å². The van der Waals surface area contributed by atoms with Crippen molar-refractivity contribution in [1.29, 1.82) is 0 Å². The van der Waals surface area contributed by atoms with Crippen molar-refractivity contribution in [3.05, 3.63) is 12.4 Å². The Bertz CT molecular complexity index is 398. The summed E-state index contributed by atoms with van der Waals surface area (Å²) < 4.78 is 5.11. The first-order valence-electron chi connectivity index (χ1n) is 5.57. The van der Waals surface area contributed by atoms with Crippen LogP contribution in [-0.2, 0) is 4.79 Å². The molecule has 7 heteroatoms. The molecular weight excluding hydrogens is 238 g/mol. The van der Waals surface area contributed by atoms with Gasteiger partial charge in [0.15, 0.2) is 5.82 Å². The number of anilines is 1. The molecule has 0 spiro atoms. The standard InChI is InChI=1S/C11H17N3O4/c1-7(2)11(17)14-9-3-12-4-10(13-9)18-6-8(16)5-15/h3-4,7-8,15-16H,5-6H2,1-2H3,(H,13,14,17)/t8-/m0/s1. The Kier molecular flexibility index (Phi) is 5.47. The molecule has 0 bridgehead atoms. The molecule has 0 aliphatic carbocycles. The van der Waals surface area contributed by atoms with Gasteiger partial charge in [-0.1, -0.05) is 13.8 Å². The Morgan fingerprint density at radius 2 is 2.22 bits per heavy atom. The van der Waals surface area contributed by atoms with Gasteiger partial charge in [-0.2, -0.15) is 4.98 Å². The van der Waals surface area contributed by atoms with Crippen molar-refractivity contribution in [2.75, 3.05) is 18.5 Å². The van der Waals surface area contributed by atoms with Crippen molar-refractivity contribution < 1.29 is 19.7 Å². The third-order valence-electron chi connectivity index (χ3n) is 2.02. The summed E-state index contributed by atoms with van der Waals surface area (Å²) in [5.74, 6) is 0.123. The van der Waals surface area contributed by atoms with Gasteiger partial charge >= 0.3 is 0 Å². The summed E-state index contributed by atoms with van der Waals surface area (Å²) in [6.07, 6.45) is 1.78. The van der Waals surface area contributed by atoms with Crippen LogP contribution in [0, 0.1) is 5.92 Å². The zero-order valence-corrected chi connectivity index (χ0v) is 10.3. The molecule has 0 radical (unpaired) electrons. The lowest BCUT2D eigenvalue weighted by molar-refractivity contribution is -0.118. The van der Waals surface area contributed by atoms with Crippen LogP contribution < -0.4 is 10.1 Å². The fourth-order valence-corrected chi connectivity index (χ4v) is 0.983. The molecule has 1 atom stereocenters. The number of hydrogen-bond donors (Lipinski definition) is 3. The maximum Gasteiger partial charge on any atom is 0.234 e. The average molecular weight is 255 g/mol. The lowest BCUT2D eigenvalue weighted by Gasteiger charge is -2.10. The number of aliphatic hydroxyl groups is 2. The molecule has 1 aromatic heterocycles. The largest absolute Gasteiger partial charge is 0.474 e. The van der Waals surface area contributed by atoms with Gasteiger partial charge in [-0.05, 0) is 0 Å². The van der Waals surface area contributed by atoms with Crippen LogP contribution in [0.25, 0.3) is 0 Å². The Labute approximate surface area is 105 Å². The van der Waals surface area contributed by atoms with E-state index in [1.165, 1.54) is 12.4 Å². The molecular formula is C11H17N3O4. The Morgan fingerprint density at radius 3 is 2.83 bits per heavy atom. The number of nitrogens with zero attached hydrogens (tertiary/aromatic N) is 2. The number of aromatic nitrogens is 2. The molecule has 0 saturated carbocycles. The highest BCUT2D eigenvalue weighted by Gasteiger charge is 2.09. The Morgan fingerprint density at radius 1 is 1.50 bits per heavy atom. The van der Waals surface area contributed by atoms with Crippen LogP contribution in [0.1, 0.15) is 13.8 Å². The summed E-state index contributed by atoms with van der Waals surface area (Å²) in [4.78, 5) is 19.3. The number of amides is 1. The summed E-state index contributed by atoms with van der Waals surface area (Å²) in [6, 6.07) is 0. The van der Waals surface area contributed by atoms with Crippen LogP contribution >= 0.6 is 0 Å². The number of carbonyl (C=O) groups excluding carboxylic acids is 1. The molecule has 0 aliphatic rings. The predicted molar refractivity (Wildman–Crippen MR) is 64.1 cm³/mol. The van der Waals surface area contributed by atoms with Crippen molar-refractivity contribution >= 4 is 11.7 Å². The second kappa shape index (κ2) is 6.87. The lowest BCUT2D eigenvalue weighted by atomic mass is 10.2. The van der Waals surface area contributed by atoms with E-state index in [9.17, 15) is 4.79 Å². The van der Waals surface area contributed by atoms with Crippen molar-refractivity contribution in [2.24, 2.45) is 5.92 Å². The van der Waals surface area contributed by atoms with Gasteiger partial charge in [0.05, 0.1) is 19.0 Å². The zero-order chi connectivity index (χ0) is 13.5. The van der Waals surface area contributed by atoms with E-state index in [0.29, 0.717) is 0 Å². The first-order chi connectivity index (χ1) is 8.52. The van der Waals surface area contributed by atoms with E-state index in [1.807, 2.05) is 0 Å². The van der Waals surface area contributed by atoms with E-state index in [4.69, 9.17) is 14.9 Å². The molecule has 0 aromatic carbocycles. The highest BCUT2D eigenvalue weighted by molar-refractivity contribution is 5.90. The van der Waals surface area contributed by atoms with Gasteiger partial charge in [0.2, 0.25) is 11.8 Å². The minimum Gasteiger partial charge on any atom is -0.474 e. The maximum absolute atomic E-state index is 11.4. The minimum atomic E-state index is -0.972. The number of aliphatic hydroxyl groups excluding tert-OH is 2. The van der Waals surface area contributed by atoms with E-state index in [0.717, 1.165) is 0 Å². The lowest BCUT2D eigenvalue weighted by Crippen LogP contribution is -2.22. The molecule has 7 nitrogen and oxygen atoms in total. The fourth-order valence-electron chi connectivity index (χ4n) is 0.983. The third-order valence-corrected chi connectivity index (χ3v) is 2.02. The predicted octanol–water partition coefficient (Wildman–Crippen LogP) is -0.197. The normalized spacial score (nSPS) is 12.3. The van der Waals surface area contributed by atoms with E-state index >= 15 is 0 Å². The second-order valence-electron chi connectivity index (χ2n) is 4.03. The van der Waals surface area contributed by atoms with Crippen LogP contribution in [0.4, 0.5) is 5.82 Å². The molecule has 0 fully saturated rings. The number of carbonyl (C=O) groups is 1. The summed E-state index contributed by atoms with van der Waals surface area (Å²) in [6.45, 7) is 3.05. The fraction of sp³-hybridized carbons (Fsp3) is 0.545. The molecule has 0 unspecified atom stereocenters. The number of rotatable bonds is 6. The molecule has 1 rings (SSSR count). The first-order valence-corrected chi connectivity index (χ1v) is 5.57. The van der Waals surface area contributed by atoms with Crippen molar-refractivity contribution in [2.45, 2.75) is 20.0 Å². The molecule has 18 heavy (non-hydrogen) atoms. The van der Waals surface area contributed by atoms with Crippen LogP contribution in [0.15, 0.2) is 12.4 Å². The van der Waals surface area contributed by atoms with Gasteiger partial charge < -0.3 is 20.3 Å². The Balaban J connectivity index is 2.59. The first kappa shape index (κ1) is 14.3. The minimum absolute atomic E-state index is 0.0905. The molecule has 1 aromatic rings. The summed E-state index contributed by atoms with van der Waals surface area (Å²) in [5.41, 5.74) is 0. The van der Waals surface area contributed by atoms with E-state index in [-0.39, 0.29) is 30.1 Å². The van der Waals surface area contributed by atoms with Gasteiger partial charge in [-0.3, -0.25) is 9.78 Å².